The smallest absolute Gasteiger partial charge is 0.453 e. The molecule has 1 aromatic heterocycles. The van der Waals surface area contributed by atoms with E-state index in [2.05, 4.69) is 14.5 Å². The molecule has 198 valence electrons. The fraction of sp³-hybridized carbons (Fsp3) is 0.250. The quantitative estimate of drug-likeness (QED) is 0.265. The summed E-state index contributed by atoms with van der Waals surface area (Å²) in [6.45, 7) is -0.251. The van der Waals surface area contributed by atoms with Gasteiger partial charge >= 0.3 is 24.5 Å². The summed E-state index contributed by atoms with van der Waals surface area (Å²) in [4.78, 5) is 44.3. The lowest BCUT2D eigenvalue weighted by Gasteiger charge is -2.23. The second-order valence-electron chi connectivity index (χ2n) is 8.56. The largest absolute Gasteiger partial charge is 0.573 e. The van der Waals surface area contributed by atoms with Crippen LogP contribution in [0.15, 0.2) is 60.8 Å². The van der Waals surface area contributed by atoms with Gasteiger partial charge in [0.2, 0.25) is 0 Å². The predicted molar refractivity (Wildman–Crippen MR) is 117 cm³/mol. The maximum Gasteiger partial charge on any atom is 0.573 e. The standard InChI is InChI=1S/C24H15F6N3O5/c25-23(26,27)20(35)37-18-11-22(18)19(34)33(14-5-7-15(8-6-14)38-24(28,29)30)21(36)32(22)12-13-9-10-31-17-4-2-1-3-16(13)17/h1-10,18H,11-12H2. The predicted octanol–water partition coefficient (Wildman–Crippen LogP) is 4.72. The highest BCUT2D eigenvalue weighted by atomic mass is 19.4. The Balaban J connectivity index is 1.50. The van der Waals surface area contributed by atoms with E-state index < -0.39 is 54.3 Å². The number of imide groups is 1. The summed E-state index contributed by atoms with van der Waals surface area (Å²) >= 11 is 0. The average molecular weight is 539 g/mol. The summed E-state index contributed by atoms with van der Waals surface area (Å²) in [7, 11) is 0. The van der Waals surface area contributed by atoms with Crippen molar-refractivity contribution in [1.82, 2.24) is 9.88 Å². The zero-order chi connectivity index (χ0) is 27.5. The molecule has 3 amide bonds. The third-order valence-electron chi connectivity index (χ3n) is 6.22. The van der Waals surface area contributed by atoms with Gasteiger partial charge < -0.3 is 14.4 Å². The Kier molecular flexibility index (Phi) is 5.72. The maximum atomic E-state index is 13.5. The van der Waals surface area contributed by atoms with Crippen molar-refractivity contribution in [3.05, 3.63) is 66.4 Å². The van der Waals surface area contributed by atoms with E-state index in [1.54, 1.807) is 30.3 Å². The van der Waals surface area contributed by atoms with Crippen LogP contribution in [0.3, 0.4) is 0 Å². The van der Waals surface area contributed by atoms with E-state index in [4.69, 9.17) is 0 Å². The molecule has 14 heteroatoms. The van der Waals surface area contributed by atoms with Gasteiger partial charge in [-0.3, -0.25) is 9.78 Å². The Morgan fingerprint density at radius 3 is 2.34 bits per heavy atom. The molecule has 1 aliphatic heterocycles. The number of esters is 1. The Hall–Kier alpha value is -4.36. The van der Waals surface area contributed by atoms with Gasteiger partial charge in [-0.1, -0.05) is 18.2 Å². The van der Waals surface area contributed by atoms with Crippen LogP contribution in [0.2, 0.25) is 0 Å². The molecule has 2 aromatic carbocycles. The molecule has 2 unspecified atom stereocenters. The van der Waals surface area contributed by atoms with Crippen LogP contribution in [0.5, 0.6) is 5.75 Å². The second-order valence-corrected chi connectivity index (χ2v) is 8.56. The molecule has 1 spiro atoms. The Labute approximate surface area is 209 Å². The van der Waals surface area contributed by atoms with E-state index in [1.165, 1.54) is 6.20 Å². The number of urea groups is 1. The van der Waals surface area contributed by atoms with Crippen molar-refractivity contribution in [1.29, 1.82) is 0 Å². The third kappa shape index (κ3) is 4.35. The minimum absolute atomic E-state index is 0.149. The summed E-state index contributed by atoms with van der Waals surface area (Å²) in [5.74, 6) is -4.11. The number of carbonyl (C=O) groups is 3. The number of para-hydroxylation sites is 1. The number of benzene rings is 2. The minimum Gasteiger partial charge on any atom is -0.453 e. The maximum absolute atomic E-state index is 13.5. The number of hydrogen-bond acceptors (Lipinski definition) is 6. The van der Waals surface area contributed by atoms with E-state index in [-0.39, 0.29) is 12.2 Å². The fourth-order valence-corrected chi connectivity index (χ4v) is 4.45. The fourth-order valence-electron chi connectivity index (χ4n) is 4.45. The number of alkyl halides is 6. The first-order valence-electron chi connectivity index (χ1n) is 10.9. The lowest BCUT2D eigenvalue weighted by atomic mass is 10.1. The van der Waals surface area contributed by atoms with Crippen LogP contribution in [-0.2, 0) is 20.9 Å². The van der Waals surface area contributed by atoms with Crippen LogP contribution in [0.25, 0.3) is 10.9 Å². The molecule has 1 saturated carbocycles. The summed E-state index contributed by atoms with van der Waals surface area (Å²) in [5.41, 5.74) is -1.00. The number of anilines is 1. The van der Waals surface area contributed by atoms with Crippen LogP contribution in [0.4, 0.5) is 36.8 Å². The highest BCUT2D eigenvalue weighted by Crippen LogP contribution is 2.52. The third-order valence-corrected chi connectivity index (χ3v) is 6.22. The number of ether oxygens (including phenoxy) is 2. The topological polar surface area (TPSA) is 89.0 Å². The monoisotopic (exact) mass is 539 g/mol. The number of hydrogen-bond donors (Lipinski definition) is 0. The summed E-state index contributed by atoms with van der Waals surface area (Å²) in [5, 5.41) is 0.613. The van der Waals surface area contributed by atoms with Crippen LogP contribution < -0.4 is 9.64 Å². The van der Waals surface area contributed by atoms with Gasteiger partial charge in [-0.2, -0.15) is 13.2 Å². The SMILES string of the molecule is O=C1N(c2ccc(OC(F)(F)F)cc2)C(=O)C2(CC2OC(=O)C(F)(F)F)N1Cc1ccnc2ccccc12. The first kappa shape index (κ1) is 25.3. The van der Waals surface area contributed by atoms with Crippen molar-refractivity contribution >= 4 is 34.5 Å². The van der Waals surface area contributed by atoms with Gasteiger partial charge in [0.25, 0.3) is 5.91 Å². The molecule has 3 aromatic rings. The zero-order valence-electron chi connectivity index (χ0n) is 18.9. The summed E-state index contributed by atoms with van der Waals surface area (Å²) in [6, 6.07) is 11.3. The van der Waals surface area contributed by atoms with E-state index in [9.17, 15) is 40.7 Å². The lowest BCUT2D eigenvalue weighted by molar-refractivity contribution is -0.274. The zero-order valence-corrected chi connectivity index (χ0v) is 18.9. The number of pyridine rings is 1. The van der Waals surface area contributed by atoms with Gasteiger partial charge in [0, 0.05) is 24.5 Å². The lowest BCUT2D eigenvalue weighted by Crippen LogP contribution is -2.41. The van der Waals surface area contributed by atoms with Crippen LogP contribution in [0, 0.1) is 0 Å². The average Bonchev–Trinajstić information content (AvgIpc) is 3.51. The number of rotatable bonds is 5. The van der Waals surface area contributed by atoms with E-state index in [0.29, 0.717) is 21.4 Å². The van der Waals surface area contributed by atoms with Crippen molar-refractivity contribution in [3.63, 3.8) is 0 Å². The number of halogens is 6. The van der Waals surface area contributed by atoms with E-state index >= 15 is 0 Å². The molecule has 0 radical (unpaired) electrons. The molecule has 8 nitrogen and oxygen atoms in total. The molecule has 5 rings (SSSR count). The molecule has 1 aliphatic carbocycles. The van der Waals surface area contributed by atoms with Crippen molar-refractivity contribution < 1.29 is 50.2 Å². The second kappa shape index (κ2) is 8.60. The summed E-state index contributed by atoms with van der Waals surface area (Å²) in [6.07, 6.45) is -10.8. The normalized spacial score (nSPS) is 21.4. The minimum atomic E-state index is -5.32. The highest BCUT2D eigenvalue weighted by molar-refractivity contribution is 6.25. The number of carbonyl (C=O) groups excluding carboxylic acids is 3. The van der Waals surface area contributed by atoms with Crippen LogP contribution >= 0.6 is 0 Å². The van der Waals surface area contributed by atoms with Crippen molar-refractivity contribution in [3.8, 4) is 5.75 Å². The molecule has 2 fully saturated rings. The molecule has 2 atom stereocenters. The van der Waals surface area contributed by atoms with E-state index in [0.717, 1.165) is 29.2 Å². The van der Waals surface area contributed by atoms with Crippen LogP contribution in [-0.4, -0.2) is 52.0 Å². The van der Waals surface area contributed by atoms with Crippen LogP contribution in [0.1, 0.15) is 12.0 Å². The molecule has 38 heavy (non-hydrogen) atoms. The first-order chi connectivity index (χ1) is 17.8. The number of amides is 3. The van der Waals surface area contributed by atoms with Gasteiger partial charge in [-0.15, -0.1) is 13.2 Å². The van der Waals surface area contributed by atoms with Gasteiger partial charge in [-0.05, 0) is 42.0 Å². The number of fused-ring (bicyclic) bond motifs is 1. The first-order valence-corrected chi connectivity index (χ1v) is 10.9. The highest BCUT2D eigenvalue weighted by Gasteiger charge is 2.75. The Morgan fingerprint density at radius 2 is 1.68 bits per heavy atom. The van der Waals surface area contributed by atoms with Gasteiger partial charge in [-0.25, -0.2) is 14.5 Å². The van der Waals surface area contributed by atoms with E-state index in [1.807, 2.05) is 0 Å². The molecule has 2 aliphatic rings. The molecule has 0 bridgehead atoms. The van der Waals surface area contributed by atoms with Gasteiger partial charge in [0.1, 0.15) is 11.9 Å². The Bertz CT molecular complexity index is 1440. The van der Waals surface area contributed by atoms with Crippen molar-refractivity contribution in [2.24, 2.45) is 0 Å². The van der Waals surface area contributed by atoms with Gasteiger partial charge in [0.15, 0.2) is 5.54 Å². The number of aromatic nitrogens is 1. The molecule has 2 heterocycles. The van der Waals surface area contributed by atoms with Crippen molar-refractivity contribution in [2.45, 2.75) is 37.1 Å². The Morgan fingerprint density at radius 1 is 1.00 bits per heavy atom. The molecule has 0 N–H and O–H groups in total. The number of nitrogens with zero attached hydrogens (tertiary/aromatic N) is 3. The summed E-state index contributed by atoms with van der Waals surface area (Å²) < 4.78 is 84.4. The molecular formula is C24H15F6N3O5. The molecular weight excluding hydrogens is 524 g/mol. The van der Waals surface area contributed by atoms with Gasteiger partial charge in [0.05, 0.1) is 11.2 Å². The van der Waals surface area contributed by atoms with Crippen molar-refractivity contribution in [2.75, 3.05) is 4.90 Å². The molecule has 1 saturated heterocycles.